The number of halogens is 2. The Kier molecular flexibility index (Phi) is 4.01. The van der Waals surface area contributed by atoms with Gasteiger partial charge in [0, 0.05) is 24.5 Å². The molecular formula is C16H19F2N3. The molecule has 112 valence electrons. The van der Waals surface area contributed by atoms with Gasteiger partial charge >= 0.3 is 0 Å². The number of nitrogens with one attached hydrogen (secondary N) is 1. The molecule has 2 heterocycles. The van der Waals surface area contributed by atoms with Gasteiger partial charge in [0.15, 0.2) is 11.6 Å². The predicted molar refractivity (Wildman–Crippen MR) is 77.9 cm³/mol. The molecule has 0 amide bonds. The van der Waals surface area contributed by atoms with E-state index in [1.165, 1.54) is 6.07 Å². The van der Waals surface area contributed by atoms with Crippen LogP contribution in [0.1, 0.15) is 32.2 Å². The Balaban J connectivity index is 1.95. The first-order valence-electron chi connectivity index (χ1n) is 7.41. The zero-order valence-corrected chi connectivity index (χ0v) is 12.0. The minimum absolute atomic E-state index is 0.228. The maximum absolute atomic E-state index is 14.0. The summed E-state index contributed by atoms with van der Waals surface area (Å²) >= 11 is 0. The summed E-state index contributed by atoms with van der Waals surface area (Å²) in [6.45, 7) is 3.09. The van der Waals surface area contributed by atoms with Crippen LogP contribution in [0.25, 0.3) is 11.4 Å². The molecule has 2 atom stereocenters. The highest BCUT2D eigenvalue weighted by Crippen LogP contribution is 2.30. The number of benzene rings is 1. The van der Waals surface area contributed by atoms with Crippen molar-refractivity contribution in [3.8, 4) is 11.4 Å². The lowest BCUT2D eigenvalue weighted by Crippen LogP contribution is -2.38. The molecular weight excluding hydrogens is 272 g/mol. The Morgan fingerprint density at radius 1 is 1.38 bits per heavy atom. The van der Waals surface area contributed by atoms with E-state index in [-0.39, 0.29) is 11.6 Å². The molecule has 1 aliphatic heterocycles. The van der Waals surface area contributed by atoms with E-state index in [1.54, 1.807) is 12.3 Å². The van der Waals surface area contributed by atoms with Crippen molar-refractivity contribution in [3.63, 3.8) is 0 Å². The molecule has 1 aromatic heterocycles. The lowest BCUT2D eigenvalue weighted by Gasteiger charge is -2.31. The molecule has 0 unspecified atom stereocenters. The third kappa shape index (κ3) is 2.70. The largest absolute Gasteiger partial charge is 0.328 e. The number of aromatic nitrogens is 2. The quantitative estimate of drug-likeness (QED) is 0.937. The Hall–Kier alpha value is -1.75. The monoisotopic (exact) mass is 291 g/mol. The van der Waals surface area contributed by atoms with Gasteiger partial charge < -0.3 is 9.88 Å². The Morgan fingerprint density at radius 2 is 2.24 bits per heavy atom. The highest BCUT2D eigenvalue weighted by atomic mass is 19.2. The Bertz CT molecular complexity index is 624. The van der Waals surface area contributed by atoms with Crippen LogP contribution in [0.3, 0.4) is 0 Å². The zero-order chi connectivity index (χ0) is 14.8. The van der Waals surface area contributed by atoms with E-state index in [0.29, 0.717) is 11.9 Å². The van der Waals surface area contributed by atoms with E-state index in [0.717, 1.165) is 31.9 Å². The maximum Gasteiger partial charge on any atom is 0.169 e. The van der Waals surface area contributed by atoms with Crippen molar-refractivity contribution in [2.75, 3.05) is 6.54 Å². The molecule has 0 saturated carbocycles. The Labute approximate surface area is 123 Å². The molecule has 3 rings (SSSR count). The number of piperidine rings is 1. The van der Waals surface area contributed by atoms with Crippen LogP contribution >= 0.6 is 0 Å². The predicted octanol–water partition coefficient (Wildman–Crippen LogP) is 3.53. The minimum atomic E-state index is -0.834. The van der Waals surface area contributed by atoms with Crippen molar-refractivity contribution in [2.45, 2.75) is 38.3 Å². The van der Waals surface area contributed by atoms with Gasteiger partial charge in [-0.25, -0.2) is 13.8 Å². The lowest BCUT2D eigenvalue weighted by atomic mass is 9.97. The highest BCUT2D eigenvalue weighted by molar-refractivity contribution is 5.56. The molecule has 0 radical (unpaired) electrons. The first kappa shape index (κ1) is 14.2. The van der Waals surface area contributed by atoms with Crippen LogP contribution < -0.4 is 5.32 Å². The second kappa shape index (κ2) is 5.93. The molecule has 5 heteroatoms. The van der Waals surface area contributed by atoms with Crippen LogP contribution in [-0.4, -0.2) is 22.1 Å². The summed E-state index contributed by atoms with van der Waals surface area (Å²) < 4.78 is 29.4. The number of hydrogen-bond acceptors (Lipinski definition) is 2. The summed E-state index contributed by atoms with van der Waals surface area (Å²) in [7, 11) is 0. The fourth-order valence-corrected chi connectivity index (χ4v) is 3.04. The third-order valence-corrected chi connectivity index (χ3v) is 4.21. The van der Waals surface area contributed by atoms with Crippen LogP contribution in [0.4, 0.5) is 8.78 Å². The molecule has 1 saturated heterocycles. The normalized spacial score (nSPS) is 22.4. The topological polar surface area (TPSA) is 29.9 Å². The summed E-state index contributed by atoms with van der Waals surface area (Å²) in [5, 5.41) is 3.47. The van der Waals surface area contributed by atoms with Gasteiger partial charge in [-0.15, -0.1) is 0 Å². The highest BCUT2D eigenvalue weighted by Gasteiger charge is 2.24. The zero-order valence-electron chi connectivity index (χ0n) is 12.0. The molecule has 3 nitrogen and oxygen atoms in total. The smallest absolute Gasteiger partial charge is 0.169 e. The van der Waals surface area contributed by atoms with Crippen LogP contribution in [0.5, 0.6) is 0 Å². The molecule has 1 fully saturated rings. The molecule has 0 aliphatic carbocycles. The van der Waals surface area contributed by atoms with E-state index in [2.05, 4.69) is 17.2 Å². The van der Waals surface area contributed by atoms with Crippen LogP contribution in [0, 0.1) is 11.6 Å². The Morgan fingerprint density at radius 3 is 3.05 bits per heavy atom. The second-order valence-electron chi connectivity index (χ2n) is 5.50. The molecule has 2 aromatic rings. The minimum Gasteiger partial charge on any atom is -0.328 e. The van der Waals surface area contributed by atoms with Crippen molar-refractivity contribution in [1.29, 1.82) is 0 Å². The summed E-state index contributed by atoms with van der Waals surface area (Å²) in [5.41, 5.74) is 0.228. The molecule has 1 aromatic carbocycles. The average molecular weight is 291 g/mol. The summed E-state index contributed by atoms with van der Waals surface area (Å²) in [6, 6.07) is 4.97. The average Bonchev–Trinajstić information content (AvgIpc) is 2.99. The number of nitrogens with zero attached hydrogens (tertiary/aromatic N) is 2. The van der Waals surface area contributed by atoms with Crippen LogP contribution in [0.2, 0.25) is 0 Å². The van der Waals surface area contributed by atoms with E-state index in [1.807, 2.05) is 10.8 Å². The fraction of sp³-hybridized carbons (Fsp3) is 0.438. The number of hydrogen-bond donors (Lipinski definition) is 1. The van der Waals surface area contributed by atoms with Crippen LogP contribution in [0.15, 0.2) is 30.6 Å². The van der Waals surface area contributed by atoms with Gasteiger partial charge in [0.1, 0.15) is 5.82 Å². The molecule has 0 bridgehead atoms. The SMILES string of the molecule is CC[C@H]1C[C@H](n2ccnc2-c2cccc(F)c2F)CCN1. The fourth-order valence-electron chi connectivity index (χ4n) is 3.04. The van der Waals surface area contributed by atoms with Crippen molar-refractivity contribution in [1.82, 2.24) is 14.9 Å². The molecule has 1 aliphatic rings. The van der Waals surface area contributed by atoms with Gasteiger partial charge in [0.2, 0.25) is 0 Å². The van der Waals surface area contributed by atoms with E-state index in [9.17, 15) is 8.78 Å². The lowest BCUT2D eigenvalue weighted by molar-refractivity contribution is 0.297. The summed E-state index contributed by atoms with van der Waals surface area (Å²) in [4.78, 5) is 4.25. The van der Waals surface area contributed by atoms with Crippen molar-refractivity contribution in [2.24, 2.45) is 0 Å². The van der Waals surface area contributed by atoms with Gasteiger partial charge in [-0.1, -0.05) is 13.0 Å². The molecule has 0 spiro atoms. The van der Waals surface area contributed by atoms with E-state index < -0.39 is 11.6 Å². The number of imidazole rings is 1. The van der Waals surface area contributed by atoms with E-state index >= 15 is 0 Å². The first-order valence-corrected chi connectivity index (χ1v) is 7.41. The van der Waals surface area contributed by atoms with Gasteiger partial charge in [0.05, 0.1) is 5.56 Å². The molecule has 21 heavy (non-hydrogen) atoms. The van der Waals surface area contributed by atoms with Crippen molar-refractivity contribution in [3.05, 3.63) is 42.2 Å². The second-order valence-corrected chi connectivity index (χ2v) is 5.50. The van der Waals surface area contributed by atoms with Crippen molar-refractivity contribution >= 4 is 0 Å². The van der Waals surface area contributed by atoms with E-state index in [4.69, 9.17) is 0 Å². The summed E-state index contributed by atoms with van der Waals surface area (Å²) in [6.07, 6.45) is 6.54. The third-order valence-electron chi connectivity index (χ3n) is 4.21. The van der Waals surface area contributed by atoms with Gasteiger partial charge in [-0.3, -0.25) is 0 Å². The van der Waals surface area contributed by atoms with Gasteiger partial charge in [0.25, 0.3) is 0 Å². The van der Waals surface area contributed by atoms with Crippen LogP contribution in [-0.2, 0) is 0 Å². The van der Waals surface area contributed by atoms with Gasteiger partial charge in [-0.2, -0.15) is 0 Å². The van der Waals surface area contributed by atoms with Crippen molar-refractivity contribution < 1.29 is 8.78 Å². The summed E-state index contributed by atoms with van der Waals surface area (Å²) in [5.74, 6) is -1.15. The van der Waals surface area contributed by atoms with Gasteiger partial charge in [-0.05, 0) is 37.9 Å². The first-order chi connectivity index (χ1) is 10.2. The standard InChI is InChI=1S/C16H19F2N3/c1-2-11-10-12(6-7-19-11)21-9-8-20-16(21)13-4-3-5-14(17)15(13)18/h3-5,8-9,11-12,19H,2,6-7,10H2,1H3/t11-,12+/m0/s1. The maximum atomic E-state index is 14.0. The molecule has 1 N–H and O–H groups in total. The number of rotatable bonds is 3.